The first-order chi connectivity index (χ1) is 28.7. The average Bonchev–Trinajstić information content (AvgIpc) is 3.91. The summed E-state index contributed by atoms with van der Waals surface area (Å²) in [4.78, 5) is 0. The second-order valence-corrected chi connectivity index (χ2v) is 16.4. The van der Waals surface area contributed by atoms with E-state index < -0.39 is 0 Å². The van der Waals surface area contributed by atoms with E-state index in [1.54, 1.807) is 0 Å². The fourth-order valence-corrected chi connectivity index (χ4v) is 10.4. The molecule has 272 valence electrons. The van der Waals surface area contributed by atoms with Crippen molar-refractivity contribution >= 4 is 54.4 Å². The number of nitrogens with zero attached hydrogens (tertiary/aromatic N) is 2. The van der Waals surface area contributed by atoms with Crippen LogP contribution in [0.2, 0.25) is 0 Å². The molecule has 0 unspecified atom stereocenters. The van der Waals surface area contributed by atoms with Crippen LogP contribution in [0.25, 0.3) is 110 Å². The Labute approximate surface area is 336 Å². The second-order valence-electron chi connectivity index (χ2n) is 16.4. The fraction of sp³-hybridized carbons (Fsp3) is 0.0714. The molecule has 9 aromatic carbocycles. The summed E-state index contributed by atoms with van der Waals surface area (Å²) in [5.41, 5.74) is 20.9. The SMILES string of the molecule is Cc1ccccc1-c1c(C2CC2)ccc2c1-c1ccc(-n3c4ccccc4c4cc(-c5ccc6c(c5)c5ccccc5n6-c5ccccc5)ccc43)c3cccc-2c13. The van der Waals surface area contributed by atoms with Gasteiger partial charge in [0.1, 0.15) is 0 Å². The zero-order valence-electron chi connectivity index (χ0n) is 32.2. The standard InChI is InChI=1S/C56H38N2/c1-34-12-5-6-15-39(34)55-40(35-22-23-35)26-27-44-43-18-11-19-45-51(31-28-46(54(43)45)56(44)55)58-50-21-10-8-17-42(50)48-33-37(25-30-53(48)58)36-24-29-52-47(32-36)41-16-7-9-20-49(41)57(52)38-13-3-2-4-14-38/h2-21,24-33,35H,22-23H2,1H3. The maximum Gasteiger partial charge on any atom is 0.0541 e. The summed E-state index contributed by atoms with van der Waals surface area (Å²) in [6.45, 7) is 2.27. The van der Waals surface area contributed by atoms with Crippen molar-refractivity contribution in [1.29, 1.82) is 0 Å². The second kappa shape index (κ2) is 11.9. The molecule has 2 heteroatoms. The molecule has 1 saturated carbocycles. The number of benzene rings is 9. The quantitative estimate of drug-likeness (QED) is 0.166. The van der Waals surface area contributed by atoms with Crippen molar-refractivity contribution in [3.63, 3.8) is 0 Å². The van der Waals surface area contributed by atoms with Crippen LogP contribution < -0.4 is 0 Å². The van der Waals surface area contributed by atoms with Crippen molar-refractivity contribution in [3.8, 4) is 55.9 Å². The van der Waals surface area contributed by atoms with Crippen LogP contribution in [0.5, 0.6) is 0 Å². The normalized spacial score (nSPS) is 13.4. The number of aromatic nitrogens is 2. The van der Waals surface area contributed by atoms with Gasteiger partial charge in [-0.25, -0.2) is 0 Å². The molecule has 13 rings (SSSR count). The van der Waals surface area contributed by atoms with Gasteiger partial charge < -0.3 is 9.13 Å². The van der Waals surface area contributed by atoms with Crippen molar-refractivity contribution < 1.29 is 0 Å². The molecule has 2 heterocycles. The lowest BCUT2D eigenvalue weighted by Crippen LogP contribution is -1.96. The predicted octanol–water partition coefficient (Wildman–Crippen LogP) is 15.2. The molecule has 0 amide bonds. The molecule has 58 heavy (non-hydrogen) atoms. The van der Waals surface area contributed by atoms with Gasteiger partial charge in [-0.3, -0.25) is 0 Å². The zero-order valence-corrected chi connectivity index (χ0v) is 32.2. The van der Waals surface area contributed by atoms with Gasteiger partial charge in [-0.2, -0.15) is 0 Å². The number of aryl methyl sites for hydroxylation is 1. The lowest BCUT2D eigenvalue weighted by Gasteiger charge is -2.18. The number of para-hydroxylation sites is 3. The average molecular weight is 739 g/mol. The Morgan fingerprint density at radius 3 is 1.71 bits per heavy atom. The van der Waals surface area contributed by atoms with E-state index in [-0.39, 0.29) is 0 Å². The number of hydrogen-bond donors (Lipinski definition) is 0. The molecule has 0 saturated heterocycles. The maximum absolute atomic E-state index is 2.51. The molecule has 2 nitrogen and oxygen atoms in total. The number of rotatable bonds is 5. The van der Waals surface area contributed by atoms with E-state index in [1.165, 1.54) is 134 Å². The monoisotopic (exact) mass is 738 g/mol. The van der Waals surface area contributed by atoms with Crippen LogP contribution in [0, 0.1) is 6.92 Å². The van der Waals surface area contributed by atoms with Crippen LogP contribution in [0.3, 0.4) is 0 Å². The van der Waals surface area contributed by atoms with E-state index >= 15 is 0 Å². The van der Waals surface area contributed by atoms with Gasteiger partial charge in [0.05, 0.1) is 27.8 Å². The summed E-state index contributed by atoms with van der Waals surface area (Å²) >= 11 is 0. The van der Waals surface area contributed by atoms with E-state index in [1.807, 2.05) is 0 Å². The molecule has 2 aromatic heterocycles. The van der Waals surface area contributed by atoms with E-state index in [2.05, 4.69) is 198 Å². The van der Waals surface area contributed by atoms with Crippen LogP contribution in [-0.4, -0.2) is 9.13 Å². The zero-order chi connectivity index (χ0) is 38.1. The Morgan fingerprint density at radius 2 is 0.983 bits per heavy atom. The lowest BCUT2D eigenvalue weighted by atomic mass is 9.86. The minimum absolute atomic E-state index is 0.650. The van der Waals surface area contributed by atoms with E-state index in [0.717, 1.165) is 0 Å². The third kappa shape index (κ3) is 4.43. The van der Waals surface area contributed by atoms with Crippen molar-refractivity contribution in [1.82, 2.24) is 9.13 Å². The van der Waals surface area contributed by atoms with Crippen LogP contribution in [0.1, 0.15) is 29.9 Å². The molecular weight excluding hydrogens is 701 g/mol. The highest BCUT2D eigenvalue weighted by atomic mass is 15.0. The maximum atomic E-state index is 2.51. The molecule has 2 aliphatic carbocycles. The summed E-state index contributed by atoms with van der Waals surface area (Å²) in [6.07, 6.45) is 2.56. The van der Waals surface area contributed by atoms with Crippen LogP contribution >= 0.6 is 0 Å². The Bertz CT molecular complexity index is 3520. The van der Waals surface area contributed by atoms with Gasteiger partial charge in [-0.1, -0.05) is 127 Å². The molecule has 11 aromatic rings. The Morgan fingerprint density at radius 1 is 0.397 bits per heavy atom. The van der Waals surface area contributed by atoms with Gasteiger partial charge >= 0.3 is 0 Å². The van der Waals surface area contributed by atoms with Gasteiger partial charge in [-0.05, 0) is 141 Å². The van der Waals surface area contributed by atoms with Crippen LogP contribution in [0.15, 0.2) is 182 Å². The number of hydrogen-bond acceptors (Lipinski definition) is 0. The lowest BCUT2D eigenvalue weighted by molar-refractivity contribution is 1.13. The van der Waals surface area contributed by atoms with Crippen molar-refractivity contribution in [3.05, 3.63) is 193 Å². The predicted molar refractivity (Wildman–Crippen MR) is 245 cm³/mol. The van der Waals surface area contributed by atoms with E-state index in [9.17, 15) is 0 Å². The number of fused-ring (bicyclic) bond motifs is 9. The van der Waals surface area contributed by atoms with Crippen molar-refractivity contribution in [2.75, 3.05) is 0 Å². The molecular formula is C56H38N2. The molecule has 0 bridgehead atoms. The van der Waals surface area contributed by atoms with Gasteiger partial charge in [0.25, 0.3) is 0 Å². The highest BCUT2D eigenvalue weighted by Crippen LogP contribution is 2.56. The first-order valence-electron chi connectivity index (χ1n) is 20.6. The summed E-state index contributed by atoms with van der Waals surface area (Å²) < 4.78 is 4.90. The minimum atomic E-state index is 0.650. The van der Waals surface area contributed by atoms with Crippen molar-refractivity contribution in [2.24, 2.45) is 0 Å². The van der Waals surface area contributed by atoms with E-state index in [4.69, 9.17) is 0 Å². The van der Waals surface area contributed by atoms with Crippen LogP contribution in [-0.2, 0) is 0 Å². The third-order valence-electron chi connectivity index (χ3n) is 13.2. The summed E-state index contributed by atoms with van der Waals surface area (Å²) in [5, 5.41) is 7.73. The molecule has 0 radical (unpaired) electrons. The Kier molecular flexibility index (Phi) is 6.58. The molecule has 2 aliphatic rings. The molecule has 0 atom stereocenters. The van der Waals surface area contributed by atoms with Gasteiger partial charge in [0, 0.05) is 32.6 Å². The first-order valence-corrected chi connectivity index (χ1v) is 20.6. The van der Waals surface area contributed by atoms with Crippen LogP contribution in [0.4, 0.5) is 0 Å². The Balaban J connectivity index is 1.00. The summed E-state index contributed by atoms with van der Waals surface area (Å²) in [7, 11) is 0. The molecule has 0 N–H and O–H groups in total. The first kappa shape index (κ1) is 32.0. The van der Waals surface area contributed by atoms with Gasteiger partial charge in [-0.15, -0.1) is 0 Å². The van der Waals surface area contributed by atoms with Gasteiger partial charge in [0.15, 0.2) is 0 Å². The van der Waals surface area contributed by atoms with E-state index in [0.29, 0.717) is 5.92 Å². The molecule has 0 spiro atoms. The van der Waals surface area contributed by atoms with Gasteiger partial charge in [0.2, 0.25) is 0 Å². The minimum Gasteiger partial charge on any atom is -0.309 e. The Hall–Kier alpha value is -7.16. The molecule has 0 aliphatic heterocycles. The smallest absolute Gasteiger partial charge is 0.0541 e. The van der Waals surface area contributed by atoms with Crippen molar-refractivity contribution in [2.45, 2.75) is 25.7 Å². The summed E-state index contributed by atoms with van der Waals surface area (Å²) in [5.74, 6) is 0.650. The largest absolute Gasteiger partial charge is 0.309 e. The highest BCUT2D eigenvalue weighted by Gasteiger charge is 2.33. The third-order valence-corrected chi connectivity index (χ3v) is 13.2. The summed E-state index contributed by atoms with van der Waals surface area (Å²) in [6, 6.07) is 68.0. The fourth-order valence-electron chi connectivity index (χ4n) is 10.4. The highest BCUT2D eigenvalue weighted by molar-refractivity contribution is 6.21. The molecule has 1 fully saturated rings. The topological polar surface area (TPSA) is 9.86 Å².